The molecular formula is C16H19N3O3S. The predicted octanol–water partition coefficient (Wildman–Crippen LogP) is 2.77. The van der Waals surface area contributed by atoms with Crippen LogP contribution in [0.1, 0.15) is 36.5 Å². The molecule has 1 saturated heterocycles. The van der Waals surface area contributed by atoms with Crippen LogP contribution in [0.2, 0.25) is 0 Å². The summed E-state index contributed by atoms with van der Waals surface area (Å²) in [6.07, 6.45) is 2.15. The Morgan fingerprint density at radius 2 is 2.26 bits per heavy atom. The molecular weight excluding hydrogens is 314 g/mol. The van der Waals surface area contributed by atoms with Crippen LogP contribution < -0.4 is 0 Å². The molecule has 23 heavy (non-hydrogen) atoms. The average molecular weight is 333 g/mol. The molecule has 1 aromatic heterocycles. The number of aliphatic hydroxyl groups is 1. The summed E-state index contributed by atoms with van der Waals surface area (Å²) in [4.78, 5) is 14.8. The molecule has 2 unspecified atom stereocenters. The Balaban J connectivity index is 1.76. The molecule has 0 aliphatic carbocycles. The Hall–Kier alpha value is -1.99. The van der Waals surface area contributed by atoms with Crippen molar-refractivity contribution in [2.75, 3.05) is 6.54 Å². The number of nitrogens with zero attached hydrogens (tertiary/aromatic N) is 2. The van der Waals surface area contributed by atoms with Crippen LogP contribution in [0.4, 0.5) is 0 Å². The minimum absolute atomic E-state index is 0.00243. The molecule has 1 amide bonds. The summed E-state index contributed by atoms with van der Waals surface area (Å²) in [6, 6.07) is 7.24. The van der Waals surface area contributed by atoms with Gasteiger partial charge in [0.05, 0.1) is 6.10 Å². The lowest BCUT2D eigenvalue weighted by Gasteiger charge is -2.25. The molecule has 1 aliphatic heterocycles. The molecule has 0 saturated carbocycles. The molecule has 0 radical (unpaired) electrons. The third-order valence-corrected chi connectivity index (χ3v) is 4.24. The second-order valence-corrected chi connectivity index (χ2v) is 6.25. The zero-order valence-electron chi connectivity index (χ0n) is 12.9. The summed E-state index contributed by atoms with van der Waals surface area (Å²) in [5.41, 5.74) is 1.39. The summed E-state index contributed by atoms with van der Waals surface area (Å²) in [5, 5.41) is 16.1. The predicted molar refractivity (Wildman–Crippen MR) is 87.5 cm³/mol. The van der Waals surface area contributed by atoms with Crippen LogP contribution in [0.3, 0.4) is 0 Å². The maximum absolute atomic E-state index is 12.7. The Bertz CT molecular complexity index is 736. The second-order valence-electron chi connectivity index (χ2n) is 5.87. The van der Waals surface area contributed by atoms with Crippen LogP contribution in [0.5, 0.6) is 0 Å². The molecule has 1 aromatic carbocycles. The van der Waals surface area contributed by atoms with Crippen molar-refractivity contribution in [3.63, 3.8) is 0 Å². The first-order valence-electron chi connectivity index (χ1n) is 7.69. The summed E-state index contributed by atoms with van der Waals surface area (Å²) < 4.78 is 5.26. The fourth-order valence-electron chi connectivity index (χ4n) is 3.02. The van der Waals surface area contributed by atoms with Crippen molar-refractivity contribution >= 4 is 18.1 Å². The number of rotatable bonds is 4. The fraction of sp³-hybridized carbons (Fsp3) is 0.438. The van der Waals surface area contributed by atoms with E-state index in [4.69, 9.17) is 16.6 Å². The van der Waals surface area contributed by atoms with Gasteiger partial charge in [0, 0.05) is 23.7 Å². The fourth-order valence-corrected chi connectivity index (χ4v) is 3.14. The van der Waals surface area contributed by atoms with Crippen molar-refractivity contribution in [2.24, 2.45) is 0 Å². The van der Waals surface area contributed by atoms with Crippen LogP contribution in [0.25, 0.3) is 11.5 Å². The van der Waals surface area contributed by atoms with Gasteiger partial charge in [-0.25, -0.2) is 5.10 Å². The minimum atomic E-state index is -0.398. The van der Waals surface area contributed by atoms with Gasteiger partial charge in [-0.3, -0.25) is 4.79 Å². The van der Waals surface area contributed by atoms with Crippen molar-refractivity contribution in [1.82, 2.24) is 15.1 Å². The van der Waals surface area contributed by atoms with E-state index >= 15 is 0 Å². The number of benzene rings is 1. The van der Waals surface area contributed by atoms with Crippen molar-refractivity contribution < 1.29 is 14.3 Å². The molecule has 0 spiro atoms. The standard InChI is InChI=1S/C16H19N3O3S/c1-10(20)9-13-3-2-8-19(13)15(21)12-6-4-11(5-7-12)14-17-18-16(23)22-14/h4-7,10,13,20H,2-3,8-9H2,1H3,(H,18,23). The van der Waals surface area contributed by atoms with Gasteiger partial charge in [-0.1, -0.05) is 0 Å². The normalized spacial score (nSPS) is 19.0. The smallest absolute Gasteiger partial charge is 0.284 e. The lowest BCUT2D eigenvalue weighted by Crippen LogP contribution is -2.37. The molecule has 2 atom stereocenters. The van der Waals surface area contributed by atoms with E-state index in [-0.39, 0.29) is 16.8 Å². The highest BCUT2D eigenvalue weighted by Crippen LogP contribution is 2.25. The second kappa shape index (κ2) is 6.64. The topological polar surface area (TPSA) is 82.4 Å². The quantitative estimate of drug-likeness (QED) is 0.841. The van der Waals surface area contributed by atoms with Crippen molar-refractivity contribution in [3.8, 4) is 11.5 Å². The van der Waals surface area contributed by atoms with Crippen LogP contribution in [-0.2, 0) is 0 Å². The molecule has 122 valence electrons. The van der Waals surface area contributed by atoms with Gasteiger partial charge in [0.25, 0.3) is 10.7 Å². The molecule has 2 aromatic rings. The first-order chi connectivity index (χ1) is 11.0. The summed E-state index contributed by atoms with van der Waals surface area (Å²) in [6.45, 7) is 2.50. The molecule has 7 heteroatoms. The van der Waals surface area contributed by atoms with E-state index in [2.05, 4.69) is 10.2 Å². The summed E-state index contributed by atoms with van der Waals surface area (Å²) >= 11 is 4.85. The third-order valence-electron chi connectivity index (χ3n) is 4.07. The monoisotopic (exact) mass is 333 g/mol. The Morgan fingerprint density at radius 3 is 2.87 bits per heavy atom. The number of likely N-dealkylation sites (tertiary alicyclic amines) is 1. The summed E-state index contributed by atoms with van der Waals surface area (Å²) in [5.74, 6) is 0.407. The number of H-pyrrole nitrogens is 1. The first kappa shape index (κ1) is 15.9. The SMILES string of the molecule is CC(O)CC1CCCN1C(=O)c1ccc(-c2n[nH]c(=S)o2)cc1. The van der Waals surface area contributed by atoms with Crippen LogP contribution >= 0.6 is 12.2 Å². The lowest BCUT2D eigenvalue weighted by atomic mass is 10.1. The minimum Gasteiger partial charge on any atom is -0.409 e. The van der Waals surface area contributed by atoms with Crippen LogP contribution in [0.15, 0.2) is 28.7 Å². The number of carbonyl (C=O) groups excluding carboxylic acids is 1. The van der Waals surface area contributed by atoms with E-state index in [0.29, 0.717) is 17.9 Å². The van der Waals surface area contributed by atoms with Gasteiger partial charge in [0.2, 0.25) is 5.89 Å². The molecule has 3 rings (SSSR count). The number of aromatic amines is 1. The van der Waals surface area contributed by atoms with Gasteiger partial charge in [-0.05, 0) is 62.7 Å². The zero-order valence-corrected chi connectivity index (χ0v) is 13.7. The number of aromatic nitrogens is 2. The molecule has 2 heterocycles. The van der Waals surface area contributed by atoms with Crippen molar-refractivity contribution in [2.45, 2.75) is 38.3 Å². The van der Waals surface area contributed by atoms with Crippen molar-refractivity contribution in [3.05, 3.63) is 34.7 Å². The molecule has 1 aliphatic rings. The number of hydrogen-bond donors (Lipinski definition) is 2. The van der Waals surface area contributed by atoms with Gasteiger partial charge < -0.3 is 14.4 Å². The highest BCUT2D eigenvalue weighted by atomic mass is 32.1. The number of nitrogens with one attached hydrogen (secondary N) is 1. The highest BCUT2D eigenvalue weighted by Gasteiger charge is 2.30. The van der Waals surface area contributed by atoms with E-state index in [1.165, 1.54) is 0 Å². The van der Waals surface area contributed by atoms with Gasteiger partial charge in [0.1, 0.15) is 0 Å². The third kappa shape index (κ3) is 3.51. The van der Waals surface area contributed by atoms with E-state index in [1.54, 1.807) is 31.2 Å². The molecule has 6 nitrogen and oxygen atoms in total. The van der Waals surface area contributed by atoms with Crippen LogP contribution in [-0.4, -0.2) is 44.8 Å². The Morgan fingerprint density at radius 1 is 1.52 bits per heavy atom. The average Bonchev–Trinajstić information content (AvgIpc) is 3.15. The van der Waals surface area contributed by atoms with Crippen molar-refractivity contribution in [1.29, 1.82) is 0 Å². The molecule has 2 N–H and O–H groups in total. The number of amides is 1. The zero-order chi connectivity index (χ0) is 16.4. The number of hydrogen-bond acceptors (Lipinski definition) is 5. The first-order valence-corrected chi connectivity index (χ1v) is 8.10. The highest BCUT2D eigenvalue weighted by molar-refractivity contribution is 7.71. The van der Waals surface area contributed by atoms with Crippen LogP contribution in [0, 0.1) is 4.84 Å². The number of aliphatic hydroxyl groups excluding tert-OH is 1. The molecule has 0 bridgehead atoms. The van der Waals surface area contributed by atoms with E-state index < -0.39 is 6.10 Å². The van der Waals surface area contributed by atoms with E-state index in [0.717, 1.165) is 24.9 Å². The van der Waals surface area contributed by atoms with Gasteiger partial charge in [-0.15, -0.1) is 5.10 Å². The Kier molecular flexibility index (Phi) is 4.58. The van der Waals surface area contributed by atoms with E-state index in [1.807, 2.05) is 4.90 Å². The summed E-state index contributed by atoms with van der Waals surface area (Å²) in [7, 11) is 0. The largest absolute Gasteiger partial charge is 0.409 e. The van der Waals surface area contributed by atoms with Gasteiger partial charge in [0.15, 0.2) is 0 Å². The van der Waals surface area contributed by atoms with Gasteiger partial charge >= 0.3 is 0 Å². The molecule has 1 fully saturated rings. The van der Waals surface area contributed by atoms with E-state index in [9.17, 15) is 9.90 Å². The lowest BCUT2D eigenvalue weighted by molar-refractivity contribution is 0.0682. The van der Waals surface area contributed by atoms with Gasteiger partial charge in [-0.2, -0.15) is 0 Å². The Labute approximate surface area is 139 Å². The number of carbonyl (C=O) groups is 1. The maximum Gasteiger partial charge on any atom is 0.284 e. The maximum atomic E-state index is 12.7.